The molecule has 2 aromatic carbocycles. The van der Waals surface area contributed by atoms with Crippen LogP contribution in [0.5, 0.6) is 11.5 Å². The Morgan fingerprint density at radius 1 is 1.00 bits per heavy atom. The Hall–Kier alpha value is -2.82. The highest BCUT2D eigenvalue weighted by Gasteiger charge is 2.28. The normalized spacial score (nSPS) is 21.6. The van der Waals surface area contributed by atoms with Crippen molar-refractivity contribution in [2.24, 2.45) is 11.8 Å². The van der Waals surface area contributed by atoms with Gasteiger partial charge in [-0.3, -0.25) is 4.79 Å². The summed E-state index contributed by atoms with van der Waals surface area (Å²) in [4.78, 5) is 24.5. The van der Waals surface area contributed by atoms with Crippen LogP contribution in [-0.2, 0) is 9.53 Å². The average molecular weight is 381 g/mol. The van der Waals surface area contributed by atoms with Crippen LogP contribution in [0.15, 0.2) is 54.6 Å². The van der Waals surface area contributed by atoms with Crippen molar-refractivity contribution in [3.05, 3.63) is 60.2 Å². The van der Waals surface area contributed by atoms with Gasteiger partial charge in [0.15, 0.2) is 6.61 Å². The molecule has 5 nitrogen and oxygen atoms in total. The number of ether oxygens (including phenoxy) is 2. The molecule has 0 bridgehead atoms. The van der Waals surface area contributed by atoms with Gasteiger partial charge in [-0.25, -0.2) is 4.79 Å². The number of rotatable bonds is 6. The molecule has 1 fully saturated rings. The van der Waals surface area contributed by atoms with Crippen LogP contribution in [0.3, 0.4) is 0 Å². The minimum absolute atomic E-state index is 0.151. The minimum Gasteiger partial charge on any atom is -0.457 e. The topological polar surface area (TPSA) is 64.6 Å². The van der Waals surface area contributed by atoms with Gasteiger partial charge in [-0.15, -0.1) is 0 Å². The third-order valence-electron chi connectivity index (χ3n) is 5.44. The molecular formula is C23H27NO4. The summed E-state index contributed by atoms with van der Waals surface area (Å²) in [5, 5.41) is 3.01. The number of hydrogen-bond donors (Lipinski definition) is 1. The summed E-state index contributed by atoms with van der Waals surface area (Å²) in [6.07, 6.45) is 3.29. The summed E-state index contributed by atoms with van der Waals surface area (Å²) in [6, 6.07) is 16.2. The number of carbonyl (C=O) groups excluding carboxylic acids is 2. The first kappa shape index (κ1) is 19.9. The van der Waals surface area contributed by atoms with E-state index in [1.807, 2.05) is 30.3 Å². The van der Waals surface area contributed by atoms with Crippen LogP contribution in [0.1, 0.15) is 43.5 Å². The zero-order chi connectivity index (χ0) is 19.9. The van der Waals surface area contributed by atoms with E-state index < -0.39 is 5.97 Å². The largest absolute Gasteiger partial charge is 0.457 e. The van der Waals surface area contributed by atoms with Crippen molar-refractivity contribution in [2.45, 2.75) is 39.2 Å². The highest BCUT2D eigenvalue weighted by molar-refractivity contribution is 5.91. The predicted octanol–water partition coefficient (Wildman–Crippen LogP) is 4.58. The Morgan fingerprint density at radius 3 is 2.54 bits per heavy atom. The quantitative estimate of drug-likeness (QED) is 0.744. The monoisotopic (exact) mass is 381 g/mol. The van der Waals surface area contributed by atoms with Gasteiger partial charge in [-0.05, 0) is 48.6 Å². The summed E-state index contributed by atoms with van der Waals surface area (Å²) in [5.41, 5.74) is 0.348. The lowest BCUT2D eigenvalue weighted by molar-refractivity contribution is -0.125. The second kappa shape index (κ2) is 9.40. The van der Waals surface area contributed by atoms with E-state index in [-0.39, 0.29) is 18.6 Å². The van der Waals surface area contributed by atoms with E-state index in [4.69, 9.17) is 9.47 Å². The second-order valence-corrected chi connectivity index (χ2v) is 7.46. The van der Waals surface area contributed by atoms with Gasteiger partial charge in [0.2, 0.25) is 0 Å². The number of carbonyl (C=O) groups is 2. The zero-order valence-electron chi connectivity index (χ0n) is 16.4. The molecule has 5 heteroatoms. The van der Waals surface area contributed by atoms with Gasteiger partial charge in [0, 0.05) is 6.04 Å². The first-order chi connectivity index (χ1) is 13.5. The second-order valence-electron chi connectivity index (χ2n) is 7.46. The van der Waals surface area contributed by atoms with E-state index in [2.05, 4.69) is 19.2 Å². The number of benzene rings is 2. The van der Waals surface area contributed by atoms with Gasteiger partial charge in [0.1, 0.15) is 11.5 Å². The van der Waals surface area contributed by atoms with E-state index >= 15 is 0 Å². The van der Waals surface area contributed by atoms with Crippen molar-refractivity contribution in [3.63, 3.8) is 0 Å². The Kier molecular flexibility index (Phi) is 6.69. The molecule has 3 rings (SSSR count). The predicted molar refractivity (Wildman–Crippen MR) is 107 cm³/mol. The summed E-state index contributed by atoms with van der Waals surface area (Å²) in [7, 11) is 0. The lowest BCUT2D eigenvalue weighted by Gasteiger charge is -2.34. The summed E-state index contributed by atoms with van der Waals surface area (Å²) < 4.78 is 10.9. The Bertz CT molecular complexity index is 805. The van der Waals surface area contributed by atoms with E-state index in [1.165, 1.54) is 6.42 Å². The number of para-hydroxylation sites is 1. The van der Waals surface area contributed by atoms with Crippen molar-refractivity contribution >= 4 is 11.9 Å². The van der Waals surface area contributed by atoms with Gasteiger partial charge in [-0.1, -0.05) is 51.0 Å². The maximum Gasteiger partial charge on any atom is 0.338 e. The van der Waals surface area contributed by atoms with Crippen LogP contribution in [0.4, 0.5) is 0 Å². The van der Waals surface area contributed by atoms with Gasteiger partial charge < -0.3 is 14.8 Å². The molecule has 0 radical (unpaired) electrons. The van der Waals surface area contributed by atoms with Crippen LogP contribution in [0, 0.1) is 11.8 Å². The first-order valence-corrected chi connectivity index (χ1v) is 9.82. The molecule has 2 aromatic rings. The highest BCUT2D eigenvalue weighted by Crippen LogP contribution is 2.29. The number of esters is 1. The molecule has 1 aliphatic carbocycles. The Balaban J connectivity index is 1.52. The first-order valence-electron chi connectivity index (χ1n) is 9.82. The molecule has 28 heavy (non-hydrogen) atoms. The van der Waals surface area contributed by atoms with Crippen molar-refractivity contribution in [1.29, 1.82) is 0 Å². The molecule has 0 saturated heterocycles. The molecular weight excluding hydrogens is 354 g/mol. The number of hydrogen-bond acceptors (Lipinski definition) is 4. The molecule has 3 atom stereocenters. The molecule has 0 unspecified atom stereocenters. The van der Waals surface area contributed by atoms with Gasteiger partial charge in [0.25, 0.3) is 5.91 Å². The fourth-order valence-electron chi connectivity index (χ4n) is 3.56. The molecule has 1 saturated carbocycles. The van der Waals surface area contributed by atoms with E-state index in [9.17, 15) is 9.59 Å². The van der Waals surface area contributed by atoms with Crippen LogP contribution >= 0.6 is 0 Å². The van der Waals surface area contributed by atoms with Crippen molar-refractivity contribution in [3.8, 4) is 11.5 Å². The third kappa shape index (κ3) is 5.35. The molecule has 0 spiro atoms. The lowest BCUT2D eigenvalue weighted by Crippen LogP contribution is -2.45. The van der Waals surface area contributed by atoms with E-state index in [0.29, 0.717) is 28.9 Å². The zero-order valence-corrected chi connectivity index (χ0v) is 16.4. The Morgan fingerprint density at radius 2 is 1.75 bits per heavy atom. The van der Waals surface area contributed by atoms with Crippen LogP contribution in [0.25, 0.3) is 0 Å². The van der Waals surface area contributed by atoms with Crippen LogP contribution in [-0.4, -0.2) is 24.5 Å². The fraction of sp³-hybridized carbons (Fsp3) is 0.391. The highest BCUT2D eigenvalue weighted by atomic mass is 16.5. The van der Waals surface area contributed by atoms with E-state index in [0.717, 1.165) is 12.8 Å². The van der Waals surface area contributed by atoms with Crippen molar-refractivity contribution in [1.82, 2.24) is 5.32 Å². The van der Waals surface area contributed by atoms with Crippen molar-refractivity contribution < 1.29 is 19.1 Å². The van der Waals surface area contributed by atoms with E-state index in [1.54, 1.807) is 24.3 Å². The summed E-state index contributed by atoms with van der Waals surface area (Å²) >= 11 is 0. The summed E-state index contributed by atoms with van der Waals surface area (Å²) in [6.45, 7) is 4.10. The molecule has 0 aromatic heterocycles. The number of nitrogens with one attached hydrogen (secondary N) is 1. The average Bonchev–Trinajstić information content (AvgIpc) is 2.70. The third-order valence-corrected chi connectivity index (χ3v) is 5.44. The van der Waals surface area contributed by atoms with Gasteiger partial charge in [-0.2, -0.15) is 0 Å². The molecule has 1 amide bonds. The van der Waals surface area contributed by atoms with Gasteiger partial charge in [0.05, 0.1) is 5.56 Å². The van der Waals surface area contributed by atoms with Gasteiger partial charge >= 0.3 is 5.97 Å². The maximum atomic E-state index is 12.3. The van der Waals surface area contributed by atoms with Crippen molar-refractivity contribution in [2.75, 3.05) is 6.61 Å². The molecule has 1 aliphatic rings. The molecule has 0 heterocycles. The number of amides is 1. The molecule has 148 valence electrons. The fourth-order valence-corrected chi connectivity index (χ4v) is 3.56. The molecule has 0 aliphatic heterocycles. The smallest absolute Gasteiger partial charge is 0.338 e. The summed E-state index contributed by atoms with van der Waals surface area (Å²) in [5.74, 6) is 1.45. The Labute approximate surface area is 166 Å². The van der Waals surface area contributed by atoms with Crippen LogP contribution in [0.2, 0.25) is 0 Å². The maximum absolute atomic E-state index is 12.3. The standard InChI is InChI=1S/C23H27NO4/c1-16-8-6-13-21(17(16)2)24-22(25)15-27-23(26)18-9-7-12-20(14-18)28-19-10-4-3-5-11-19/h3-5,7,9-12,14,16-17,21H,6,8,13,15H2,1-2H3,(H,24,25)/t16-,17+,21+/m1/s1. The SMILES string of the molecule is C[C@H]1[C@H](C)CCC[C@@H]1NC(=O)COC(=O)c1cccc(Oc2ccccc2)c1. The molecule has 1 N–H and O–H groups in total. The minimum atomic E-state index is -0.543. The lowest BCUT2D eigenvalue weighted by atomic mass is 9.78. The van der Waals surface area contributed by atoms with Crippen LogP contribution < -0.4 is 10.1 Å².